The summed E-state index contributed by atoms with van der Waals surface area (Å²) >= 11 is 3.28. The number of nitrogens with one attached hydrogen (secondary N) is 1. The Labute approximate surface area is 132 Å². The quantitative estimate of drug-likeness (QED) is 0.465. The molecule has 0 amide bonds. The standard InChI is InChI=1S/C12H9NS.C5H3NS/c1-3-7-11-9(5-1)13-10-6-2-4-8-12(10)14-11;6-4-5-2-1-3-7-5/h1-8,13H;1-3H. The molecule has 0 spiro atoms. The molecule has 0 saturated carbocycles. The third-order valence-electron chi connectivity index (χ3n) is 2.89. The molecule has 0 fully saturated rings. The zero-order chi connectivity index (χ0) is 14.5. The molecule has 1 aliphatic heterocycles. The van der Waals surface area contributed by atoms with Crippen LogP contribution in [0.2, 0.25) is 0 Å². The minimum Gasteiger partial charge on any atom is -0.354 e. The van der Waals surface area contributed by atoms with Gasteiger partial charge >= 0.3 is 0 Å². The molecule has 1 aliphatic rings. The zero-order valence-electron chi connectivity index (χ0n) is 11.1. The highest BCUT2D eigenvalue weighted by atomic mass is 32.2. The van der Waals surface area contributed by atoms with E-state index < -0.39 is 0 Å². The van der Waals surface area contributed by atoms with E-state index in [-0.39, 0.29) is 0 Å². The molecule has 1 aromatic heterocycles. The van der Waals surface area contributed by atoms with Gasteiger partial charge in [0, 0.05) is 9.79 Å². The van der Waals surface area contributed by atoms with Crippen LogP contribution in [-0.2, 0) is 0 Å². The van der Waals surface area contributed by atoms with Gasteiger partial charge < -0.3 is 5.32 Å². The van der Waals surface area contributed by atoms with Crippen LogP contribution in [0.1, 0.15) is 4.88 Å². The molecular formula is C17H12N2S2. The van der Waals surface area contributed by atoms with Crippen molar-refractivity contribution in [3.63, 3.8) is 0 Å². The molecule has 2 aromatic carbocycles. The second-order valence-electron chi connectivity index (χ2n) is 4.31. The molecule has 0 saturated heterocycles. The van der Waals surface area contributed by atoms with Crippen LogP contribution < -0.4 is 5.32 Å². The van der Waals surface area contributed by atoms with Crippen LogP contribution in [0.4, 0.5) is 11.4 Å². The van der Waals surface area contributed by atoms with Crippen molar-refractivity contribution in [2.24, 2.45) is 0 Å². The molecule has 21 heavy (non-hydrogen) atoms. The van der Waals surface area contributed by atoms with E-state index >= 15 is 0 Å². The number of rotatable bonds is 0. The van der Waals surface area contributed by atoms with Crippen LogP contribution >= 0.6 is 23.1 Å². The third kappa shape index (κ3) is 3.27. The molecule has 4 rings (SSSR count). The van der Waals surface area contributed by atoms with Crippen molar-refractivity contribution in [1.29, 1.82) is 5.26 Å². The van der Waals surface area contributed by atoms with Crippen molar-refractivity contribution in [2.75, 3.05) is 5.32 Å². The highest BCUT2D eigenvalue weighted by Crippen LogP contribution is 2.43. The summed E-state index contributed by atoms with van der Waals surface area (Å²) in [5.41, 5.74) is 2.41. The van der Waals surface area contributed by atoms with Crippen LogP contribution in [-0.4, -0.2) is 0 Å². The molecule has 0 atom stereocenters. The van der Waals surface area contributed by atoms with Gasteiger partial charge in [0.15, 0.2) is 0 Å². The van der Waals surface area contributed by atoms with Crippen molar-refractivity contribution < 1.29 is 0 Å². The van der Waals surface area contributed by atoms with Crippen LogP contribution in [0.25, 0.3) is 0 Å². The second-order valence-corrected chi connectivity index (χ2v) is 6.34. The Kier molecular flexibility index (Phi) is 4.25. The first kappa shape index (κ1) is 13.7. The first-order valence-corrected chi connectivity index (χ1v) is 8.13. The fourth-order valence-electron chi connectivity index (χ4n) is 1.92. The van der Waals surface area contributed by atoms with Crippen LogP contribution in [0.3, 0.4) is 0 Å². The topological polar surface area (TPSA) is 35.8 Å². The fraction of sp³-hybridized carbons (Fsp3) is 0. The highest BCUT2D eigenvalue weighted by Gasteiger charge is 2.13. The van der Waals surface area contributed by atoms with Crippen molar-refractivity contribution in [2.45, 2.75) is 9.79 Å². The average molecular weight is 308 g/mol. The Morgan fingerprint density at radius 2 is 1.43 bits per heavy atom. The van der Waals surface area contributed by atoms with Gasteiger partial charge in [-0.15, -0.1) is 11.3 Å². The van der Waals surface area contributed by atoms with E-state index in [9.17, 15) is 0 Å². The molecule has 0 aliphatic carbocycles. The highest BCUT2D eigenvalue weighted by molar-refractivity contribution is 7.99. The maximum absolute atomic E-state index is 8.19. The molecule has 4 heteroatoms. The SMILES string of the molecule is N#Cc1cccs1.c1ccc2c(c1)Nc1ccccc1S2. The first-order valence-electron chi connectivity index (χ1n) is 6.43. The summed E-state index contributed by atoms with van der Waals surface area (Å²) in [6.45, 7) is 0. The Hall–Kier alpha value is -2.22. The van der Waals surface area contributed by atoms with Gasteiger partial charge in [-0.3, -0.25) is 0 Å². The van der Waals surface area contributed by atoms with Gasteiger partial charge in [0.2, 0.25) is 0 Å². The lowest BCUT2D eigenvalue weighted by Gasteiger charge is -2.19. The number of benzene rings is 2. The maximum Gasteiger partial charge on any atom is 0.110 e. The molecule has 0 unspecified atom stereocenters. The van der Waals surface area contributed by atoms with Crippen molar-refractivity contribution in [1.82, 2.24) is 0 Å². The maximum atomic E-state index is 8.19. The summed E-state index contributed by atoms with van der Waals surface area (Å²) in [7, 11) is 0. The van der Waals surface area contributed by atoms with Gasteiger partial charge in [0.05, 0.1) is 11.4 Å². The lowest BCUT2D eigenvalue weighted by Crippen LogP contribution is -1.98. The second kappa shape index (κ2) is 6.49. The van der Waals surface area contributed by atoms with E-state index in [1.165, 1.54) is 32.5 Å². The number of hydrogen-bond donors (Lipinski definition) is 1. The van der Waals surface area contributed by atoms with E-state index in [0.29, 0.717) is 0 Å². The van der Waals surface area contributed by atoms with E-state index in [1.54, 1.807) is 6.07 Å². The molecule has 0 bridgehead atoms. The number of anilines is 2. The summed E-state index contributed by atoms with van der Waals surface area (Å²) in [6.07, 6.45) is 0. The lowest BCUT2D eigenvalue weighted by molar-refractivity contribution is 1.32. The molecule has 0 radical (unpaired) electrons. The third-order valence-corrected chi connectivity index (χ3v) is 4.82. The molecule has 3 aromatic rings. The number of fused-ring (bicyclic) bond motifs is 2. The van der Waals surface area contributed by atoms with Gasteiger partial charge in [-0.25, -0.2) is 0 Å². The van der Waals surface area contributed by atoms with E-state index in [2.05, 4.69) is 53.8 Å². The predicted octanol–water partition coefficient (Wildman–Crippen LogP) is 5.51. The van der Waals surface area contributed by atoms with Gasteiger partial charge in [0.1, 0.15) is 10.9 Å². The molecule has 102 valence electrons. The summed E-state index contributed by atoms with van der Waals surface area (Å²) in [5, 5.41) is 13.5. The summed E-state index contributed by atoms with van der Waals surface area (Å²) in [6, 6.07) is 22.4. The number of para-hydroxylation sites is 2. The fourth-order valence-corrected chi connectivity index (χ4v) is 3.43. The number of hydrogen-bond acceptors (Lipinski definition) is 4. The Bertz CT molecular complexity index is 686. The van der Waals surface area contributed by atoms with Crippen molar-refractivity contribution >= 4 is 34.5 Å². The summed E-state index contributed by atoms with van der Waals surface area (Å²) in [4.78, 5) is 3.37. The van der Waals surface area contributed by atoms with E-state index in [4.69, 9.17) is 5.26 Å². The average Bonchev–Trinajstić information content (AvgIpc) is 3.07. The Morgan fingerprint density at radius 3 is 1.90 bits per heavy atom. The van der Waals surface area contributed by atoms with Crippen molar-refractivity contribution in [3.05, 3.63) is 70.9 Å². The smallest absolute Gasteiger partial charge is 0.110 e. The number of thiophene rings is 1. The van der Waals surface area contributed by atoms with Gasteiger partial charge in [0.25, 0.3) is 0 Å². The lowest BCUT2D eigenvalue weighted by atomic mass is 10.2. The molecule has 2 heterocycles. The van der Waals surface area contributed by atoms with Gasteiger partial charge in [-0.1, -0.05) is 42.1 Å². The molecule has 1 N–H and O–H groups in total. The minimum absolute atomic E-state index is 0.778. The van der Waals surface area contributed by atoms with E-state index in [1.807, 2.05) is 29.3 Å². The van der Waals surface area contributed by atoms with E-state index in [0.717, 1.165) is 4.88 Å². The minimum atomic E-state index is 0.778. The molecule has 2 nitrogen and oxygen atoms in total. The first-order chi connectivity index (χ1) is 10.4. The Balaban J connectivity index is 0.000000160. The summed E-state index contributed by atoms with van der Waals surface area (Å²) < 4.78 is 0. The normalized spacial score (nSPS) is 11.0. The predicted molar refractivity (Wildman–Crippen MR) is 89.3 cm³/mol. The van der Waals surface area contributed by atoms with Gasteiger partial charge in [-0.2, -0.15) is 5.26 Å². The molecular weight excluding hydrogens is 296 g/mol. The van der Waals surface area contributed by atoms with Crippen LogP contribution in [0.15, 0.2) is 75.8 Å². The number of nitriles is 1. The zero-order valence-corrected chi connectivity index (χ0v) is 12.7. The van der Waals surface area contributed by atoms with Crippen molar-refractivity contribution in [3.8, 4) is 6.07 Å². The summed E-state index contributed by atoms with van der Waals surface area (Å²) in [5.74, 6) is 0. The largest absolute Gasteiger partial charge is 0.354 e. The van der Waals surface area contributed by atoms with Gasteiger partial charge in [-0.05, 0) is 35.7 Å². The van der Waals surface area contributed by atoms with Crippen LogP contribution in [0.5, 0.6) is 0 Å². The van der Waals surface area contributed by atoms with Crippen LogP contribution in [0, 0.1) is 11.3 Å². The Morgan fingerprint density at radius 1 is 0.810 bits per heavy atom. The number of nitrogens with zero attached hydrogens (tertiary/aromatic N) is 1. The monoisotopic (exact) mass is 308 g/mol.